The zero-order valence-electron chi connectivity index (χ0n) is 11.7. The number of nitrogens with zero attached hydrogens (tertiary/aromatic N) is 1. The van der Waals surface area contributed by atoms with E-state index in [1.807, 2.05) is 0 Å². The number of nitrogens with one attached hydrogen (secondary N) is 1. The Kier molecular flexibility index (Phi) is 5.28. The molecule has 6 nitrogen and oxygen atoms in total. The number of sulfonamides is 1. The van der Waals surface area contributed by atoms with Crippen LogP contribution >= 0.6 is 22.9 Å². The van der Waals surface area contributed by atoms with E-state index in [2.05, 4.69) is 9.93 Å². The van der Waals surface area contributed by atoms with E-state index in [9.17, 15) is 8.42 Å². The largest absolute Gasteiger partial charge is 0.493 e. The number of hydrazone groups is 1. The molecule has 0 saturated heterocycles. The maximum absolute atomic E-state index is 11.9. The first-order valence-corrected chi connectivity index (χ1v) is 8.72. The number of ether oxygens (including phenoxy) is 2. The quantitative estimate of drug-likeness (QED) is 0.634. The SMILES string of the molecule is COc1cc(/C=N/NS(=O)(=O)c2cccs2)cc(Cl)c1OC. The molecule has 9 heteroatoms. The van der Waals surface area contributed by atoms with Crippen LogP contribution in [0.3, 0.4) is 0 Å². The Labute approximate surface area is 137 Å². The van der Waals surface area contributed by atoms with Gasteiger partial charge in [0.05, 0.1) is 25.5 Å². The van der Waals surface area contributed by atoms with E-state index in [0.29, 0.717) is 22.1 Å². The molecular weight excluding hydrogens is 348 g/mol. The summed E-state index contributed by atoms with van der Waals surface area (Å²) in [5.41, 5.74) is 0.566. The molecule has 0 unspecified atom stereocenters. The highest BCUT2D eigenvalue weighted by Gasteiger charge is 2.13. The Morgan fingerprint density at radius 1 is 1.32 bits per heavy atom. The molecule has 0 aliphatic carbocycles. The summed E-state index contributed by atoms with van der Waals surface area (Å²) in [5.74, 6) is 0.832. The van der Waals surface area contributed by atoms with Gasteiger partial charge < -0.3 is 9.47 Å². The standard InChI is InChI=1S/C13H13ClN2O4S2/c1-19-11-7-9(6-10(14)13(11)20-2)8-15-16-22(17,18)12-4-3-5-21-12/h3-8,16H,1-2H3/b15-8+. The monoisotopic (exact) mass is 360 g/mol. The van der Waals surface area contributed by atoms with Crippen molar-refractivity contribution in [3.05, 3.63) is 40.2 Å². The van der Waals surface area contributed by atoms with Gasteiger partial charge in [0.15, 0.2) is 11.5 Å². The van der Waals surface area contributed by atoms with Gasteiger partial charge in [0, 0.05) is 0 Å². The van der Waals surface area contributed by atoms with Gasteiger partial charge in [-0.1, -0.05) is 17.7 Å². The molecule has 0 bridgehead atoms. The first-order valence-electron chi connectivity index (χ1n) is 5.98. The molecule has 0 radical (unpaired) electrons. The summed E-state index contributed by atoms with van der Waals surface area (Å²) in [6.07, 6.45) is 1.33. The van der Waals surface area contributed by atoms with Gasteiger partial charge in [-0.05, 0) is 29.1 Å². The minimum absolute atomic E-state index is 0.190. The topological polar surface area (TPSA) is 77.0 Å². The fourth-order valence-electron chi connectivity index (χ4n) is 1.64. The zero-order valence-corrected chi connectivity index (χ0v) is 14.1. The second-order valence-electron chi connectivity index (χ2n) is 4.02. The molecule has 0 spiro atoms. The third-order valence-electron chi connectivity index (χ3n) is 2.60. The smallest absolute Gasteiger partial charge is 0.286 e. The van der Waals surface area contributed by atoms with E-state index in [4.69, 9.17) is 21.1 Å². The molecule has 1 aromatic heterocycles. The molecule has 0 aliphatic heterocycles. The van der Waals surface area contributed by atoms with Gasteiger partial charge in [-0.2, -0.15) is 18.4 Å². The Bertz CT molecular complexity index is 774. The highest BCUT2D eigenvalue weighted by atomic mass is 35.5. The molecule has 2 rings (SSSR count). The maximum Gasteiger partial charge on any atom is 0.286 e. The Hall–Kier alpha value is -1.77. The first-order chi connectivity index (χ1) is 10.5. The van der Waals surface area contributed by atoms with Crippen molar-refractivity contribution in [2.24, 2.45) is 5.10 Å². The van der Waals surface area contributed by atoms with E-state index >= 15 is 0 Å². The molecule has 118 valence electrons. The summed E-state index contributed by atoms with van der Waals surface area (Å²) < 4.78 is 34.2. The Morgan fingerprint density at radius 2 is 2.09 bits per heavy atom. The molecule has 0 saturated carbocycles. The summed E-state index contributed by atoms with van der Waals surface area (Å²) in [6, 6.07) is 6.37. The van der Waals surface area contributed by atoms with Crippen LogP contribution in [-0.2, 0) is 10.0 Å². The van der Waals surface area contributed by atoms with Crippen LogP contribution in [-0.4, -0.2) is 28.9 Å². The van der Waals surface area contributed by atoms with Crippen molar-refractivity contribution in [2.45, 2.75) is 4.21 Å². The number of methoxy groups -OCH3 is 2. The van der Waals surface area contributed by atoms with Crippen molar-refractivity contribution >= 4 is 39.2 Å². The summed E-state index contributed by atoms with van der Waals surface area (Å²) in [4.78, 5) is 2.13. The maximum atomic E-state index is 11.9. The predicted molar refractivity (Wildman–Crippen MR) is 86.8 cm³/mol. The van der Waals surface area contributed by atoms with Crippen LogP contribution < -0.4 is 14.3 Å². The molecule has 1 heterocycles. The van der Waals surface area contributed by atoms with Crippen molar-refractivity contribution in [2.75, 3.05) is 14.2 Å². The van der Waals surface area contributed by atoms with E-state index in [-0.39, 0.29) is 4.21 Å². The molecule has 22 heavy (non-hydrogen) atoms. The van der Waals surface area contributed by atoms with Crippen LogP contribution in [0.15, 0.2) is 39.0 Å². The lowest BCUT2D eigenvalue weighted by atomic mass is 10.2. The molecule has 0 aliphatic rings. The van der Waals surface area contributed by atoms with Gasteiger partial charge in [-0.3, -0.25) is 0 Å². The normalized spacial score (nSPS) is 11.6. The van der Waals surface area contributed by atoms with Crippen LogP contribution in [0.1, 0.15) is 5.56 Å². The average Bonchev–Trinajstić information content (AvgIpc) is 3.01. The number of thiophene rings is 1. The lowest BCUT2D eigenvalue weighted by molar-refractivity contribution is 0.355. The van der Waals surface area contributed by atoms with Crippen LogP contribution in [0.2, 0.25) is 5.02 Å². The van der Waals surface area contributed by atoms with Gasteiger partial charge in [0.1, 0.15) is 4.21 Å². The van der Waals surface area contributed by atoms with Gasteiger partial charge >= 0.3 is 0 Å². The fraction of sp³-hybridized carbons (Fsp3) is 0.154. The first kappa shape index (κ1) is 16.6. The third-order valence-corrected chi connectivity index (χ3v) is 5.50. The fourth-order valence-corrected chi connectivity index (χ4v) is 3.71. The van der Waals surface area contributed by atoms with Gasteiger partial charge in [-0.25, -0.2) is 0 Å². The van der Waals surface area contributed by atoms with Gasteiger partial charge in [0.2, 0.25) is 0 Å². The van der Waals surface area contributed by atoms with Crippen molar-refractivity contribution in [1.29, 1.82) is 0 Å². The molecule has 0 fully saturated rings. The van der Waals surface area contributed by atoms with E-state index in [1.165, 1.54) is 26.5 Å². The molecular formula is C13H13ClN2O4S2. The predicted octanol–water partition coefficient (Wildman–Crippen LogP) is 2.73. The summed E-state index contributed by atoms with van der Waals surface area (Å²) in [5, 5.41) is 5.74. The van der Waals surface area contributed by atoms with Crippen LogP contribution in [0, 0.1) is 0 Å². The minimum atomic E-state index is -3.64. The van der Waals surface area contributed by atoms with Crippen molar-refractivity contribution in [3.8, 4) is 11.5 Å². The molecule has 2 aromatic rings. The number of rotatable bonds is 6. The molecule has 1 aromatic carbocycles. The highest BCUT2D eigenvalue weighted by molar-refractivity contribution is 7.91. The van der Waals surface area contributed by atoms with Crippen molar-refractivity contribution < 1.29 is 17.9 Å². The van der Waals surface area contributed by atoms with E-state index in [0.717, 1.165) is 11.3 Å². The lowest BCUT2D eigenvalue weighted by Crippen LogP contribution is -2.17. The van der Waals surface area contributed by atoms with Crippen molar-refractivity contribution in [1.82, 2.24) is 4.83 Å². The van der Waals surface area contributed by atoms with E-state index in [1.54, 1.807) is 23.6 Å². The molecule has 0 atom stereocenters. The van der Waals surface area contributed by atoms with Crippen LogP contribution in [0.4, 0.5) is 0 Å². The zero-order chi connectivity index (χ0) is 16.2. The highest BCUT2D eigenvalue weighted by Crippen LogP contribution is 2.35. The summed E-state index contributed by atoms with van der Waals surface area (Å²) in [6.45, 7) is 0. The number of halogens is 1. The third kappa shape index (κ3) is 3.70. The molecule has 1 N–H and O–H groups in total. The van der Waals surface area contributed by atoms with Gasteiger partial charge in [0.25, 0.3) is 10.0 Å². The van der Waals surface area contributed by atoms with Crippen LogP contribution in [0.25, 0.3) is 0 Å². The number of hydrogen-bond acceptors (Lipinski definition) is 6. The molecule has 0 amide bonds. The lowest BCUT2D eigenvalue weighted by Gasteiger charge is -2.09. The van der Waals surface area contributed by atoms with Crippen molar-refractivity contribution in [3.63, 3.8) is 0 Å². The van der Waals surface area contributed by atoms with Gasteiger partial charge in [-0.15, -0.1) is 11.3 Å². The summed E-state index contributed by atoms with van der Waals surface area (Å²) >= 11 is 7.17. The average molecular weight is 361 g/mol. The number of hydrogen-bond donors (Lipinski definition) is 1. The summed E-state index contributed by atoms with van der Waals surface area (Å²) in [7, 11) is -0.684. The van der Waals surface area contributed by atoms with Crippen LogP contribution in [0.5, 0.6) is 11.5 Å². The Balaban J connectivity index is 2.19. The minimum Gasteiger partial charge on any atom is -0.493 e. The Morgan fingerprint density at radius 3 is 2.68 bits per heavy atom. The second-order valence-corrected chi connectivity index (χ2v) is 7.27. The van der Waals surface area contributed by atoms with E-state index < -0.39 is 10.0 Å². The number of benzene rings is 1. The second kappa shape index (κ2) is 6.99.